The molecular formula is C17H20N6O2. The predicted octanol–water partition coefficient (Wildman–Crippen LogP) is 0.461. The molecule has 130 valence electrons. The molecule has 1 aliphatic rings. The number of nitrogens with zero attached hydrogens (tertiary/aromatic N) is 5. The summed E-state index contributed by atoms with van der Waals surface area (Å²) in [5.74, 6) is -0.179. The van der Waals surface area contributed by atoms with Crippen LogP contribution >= 0.6 is 0 Å². The molecule has 8 heteroatoms. The molecule has 2 aromatic rings. The second-order valence-corrected chi connectivity index (χ2v) is 6.17. The molecule has 0 saturated carbocycles. The molecule has 3 rings (SSSR count). The minimum absolute atomic E-state index is 0.000574. The summed E-state index contributed by atoms with van der Waals surface area (Å²) in [5.41, 5.74) is 7.26. The molecule has 2 amide bonds. The average molecular weight is 340 g/mol. The molecule has 1 atom stereocenters. The molecule has 25 heavy (non-hydrogen) atoms. The molecule has 0 unspecified atom stereocenters. The minimum atomic E-state index is -0.325. The fourth-order valence-electron chi connectivity index (χ4n) is 2.91. The zero-order valence-corrected chi connectivity index (χ0v) is 14.0. The van der Waals surface area contributed by atoms with Crippen LogP contribution in [-0.4, -0.2) is 50.2 Å². The summed E-state index contributed by atoms with van der Waals surface area (Å²) in [6.45, 7) is 1.32. The maximum absolute atomic E-state index is 12.6. The van der Waals surface area contributed by atoms with Gasteiger partial charge in [0.1, 0.15) is 0 Å². The quantitative estimate of drug-likeness (QED) is 0.848. The van der Waals surface area contributed by atoms with Crippen molar-refractivity contribution >= 4 is 17.8 Å². The number of nitrogen functional groups attached to an aromatic ring is 1. The van der Waals surface area contributed by atoms with Crippen molar-refractivity contribution in [3.8, 4) is 0 Å². The Morgan fingerprint density at radius 1 is 1.28 bits per heavy atom. The third kappa shape index (κ3) is 4.09. The first-order valence-corrected chi connectivity index (χ1v) is 8.01. The molecule has 3 heterocycles. The first-order chi connectivity index (χ1) is 12.0. The van der Waals surface area contributed by atoms with Crippen molar-refractivity contribution in [2.24, 2.45) is 5.92 Å². The maximum Gasteiger partial charge on any atom is 0.228 e. The standard InChI is InChI=1S/C17H20N6O2/c1-22(9-13-7-20-17(18)21-8-13)16(25)14-6-15(24)23(11-14)10-12-2-4-19-5-3-12/h2-5,7-8,14H,6,9-11H2,1H3,(H2,18,20,21)/t14-/m0/s1. The van der Waals surface area contributed by atoms with Crippen LogP contribution in [0, 0.1) is 5.92 Å². The van der Waals surface area contributed by atoms with Crippen molar-refractivity contribution in [1.29, 1.82) is 0 Å². The van der Waals surface area contributed by atoms with Gasteiger partial charge in [-0.3, -0.25) is 14.6 Å². The SMILES string of the molecule is CN(Cc1cnc(N)nc1)C(=O)[C@H]1CC(=O)N(Cc2ccncc2)C1. The van der Waals surface area contributed by atoms with Gasteiger partial charge in [-0.25, -0.2) is 9.97 Å². The lowest BCUT2D eigenvalue weighted by Crippen LogP contribution is -2.34. The van der Waals surface area contributed by atoms with Gasteiger partial charge in [0.05, 0.1) is 5.92 Å². The summed E-state index contributed by atoms with van der Waals surface area (Å²) < 4.78 is 0. The number of carbonyl (C=O) groups is 2. The molecule has 1 aliphatic heterocycles. The Morgan fingerprint density at radius 2 is 1.96 bits per heavy atom. The number of likely N-dealkylation sites (tertiary alicyclic amines) is 1. The van der Waals surface area contributed by atoms with Crippen LogP contribution in [-0.2, 0) is 22.7 Å². The third-order valence-electron chi connectivity index (χ3n) is 4.21. The summed E-state index contributed by atoms with van der Waals surface area (Å²) in [6, 6.07) is 3.74. The first-order valence-electron chi connectivity index (χ1n) is 8.01. The number of aromatic nitrogens is 3. The molecule has 1 fully saturated rings. The number of pyridine rings is 1. The Labute approximate surface area is 145 Å². The van der Waals surface area contributed by atoms with Gasteiger partial charge in [0, 0.05) is 63.5 Å². The van der Waals surface area contributed by atoms with Crippen molar-refractivity contribution < 1.29 is 9.59 Å². The van der Waals surface area contributed by atoms with E-state index in [0.29, 0.717) is 19.6 Å². The van der Waals surface area contributed by atoms with E-state index in [1.807, 2.05) is 12.1 Å². The summed E-state index contributed by atoms with van der Waals surface area (Å²) >= 11 is 0. The fraction of sp³-hybridized carbons (Fsp3) is 0.353. The molecule has 0 bridgehead atoms. The van der Waals surface area contributed by atoms with Crippen molar-refractivity contribution in [3.63, 3.8) is 0 Å². The normalized spacial score (nSPS) is 16.9. The van der Waals surface area contributed by atoms with Gasteiger partial charge in [0.15, 0.2) is 0 Å². The van der Waals surface area contributed by atoms with Crippen LogP contribution in [0.1, 0.15) is 17.5 Å². The van der Waals surface area contributed by atoms with Crippen LogP contribution in [0.25, 0.3) is 0 Å². The highest BCUT2D eigenvalue weighted by Crippen LogP contribution is 2.22. The zero-order chi connectivity index (χ0) is 17.8. The van der Waals surface area contributed by atoms with Gasteiger partial charge in [-0.05, 0) is 17.7 Å². The van der Waals surface area contributed by atoms with Crippen molar-refractivity contribution in [1.82, 2.24) is 24.8 Å². The highest BCUT2D eigenvalue weighted by Gasteiger charge is 2.35. The van der Waals surface area contributed by atoms with E-state index in [-0.39, 0.29) is 30.1 Å². The number of carbonyl (C=O) groups excluding carboxylic acids is 2. The molecule has 0 radical (unpaired) electrons. The van der Waals surface area contributed by atoms with E-state index in [1.54, 1.807) is 41.6 Å². The minimum Gasteiger partial charge on any atom is -0.368 e. The smallest absolute Gasteiger partial charge is 0.228 e. The van der Waals surface area contributed by atoms with E-state index in [9.17, 15) is 9.59 Å². The van der Waals surface area contributed by atoms with Gasteiger partial charge in [-0.2, -0.15) is 0 Å². The van der Waals surface area contributed by atoms with Gasteiger partial charge in [0.25, 0.3) is 0 Å². The monoisotopic (exact) mass is 340 g/mol. The lowest BCUT2D eigenvalue weighted by molar-refractivity contribution is -0.135. The van der Waals surface area contributed by atoms with Crippen molar-refractivity contribution in [3.05, 3.63) is 48.0 Å². The van der Waals surface area contributed by atoms with Crippen LogP contribution in [0.4, 0.5) is 5.95 Å². The van der Waals surface area contributed by atoms with Crippen LogP contribution < -0.4 is 5.73 Å². The Hall–Kier alpha value is -3.03. The maximum atomic E-state index is 12.6. The second-order valence-electron chi connectivity index (χ2n) is 6.17. The summed E-state index contributed by atoms with van der Waals surface area (Å²) in [5, 5.41) is 0. The number of rotatable bonds is 5. The van der Waals surface area contributed by atoms with E-state index < -0.39 is 0 Å². The van der Waals surface area contributed by atoms with Gasteiger partial charge < -0.3 is 15.5 Å². The molecule has 8 nitrogen and oxygen atoms in total. The predicted molar refractivity (Wildman–Crippen MR) is 90.7 cm³/mol. The zero-order valence-electron chi connectivity index (χ0n) is 14.0. The molecule has 0 spiro atoms. The van der Waals surface area contributed by atoms with Gasteiger partial charge >= 0.3 is 0 Å². The highest BCUT2D eigenvalue weighted by atomic mass is 16.2. The molecule has 2 N–H and O–H groups in total. The third-order valence-corrected chi connectivity index (χ3v) is 4.21. The van der Waals surface area contributed by atoms with E-state index >= 15 is 0 Å². The first kappa shape index (κ1) is 16.8. The Bertz CT molecular complexity index is 749. The topological polar surface area (TPSA) is 105 Å². The lowest BCUT2D eigenvalue weighted by atomic mass is 10.1. The van der Waals surface area contributed by atoms with E-state index in [4.69, 9.17) is 5.73 Å². The van der Waals surface area contributed by atoms with E-state index in [2.05, 4.69) is 15.0 Å². The molecule has 0 aromatic carbocycles. The molecule has 0 aliphatic carbocycles. The van der Waals surface area contributed by atoms with Crippen LogP contribution in [0.5, 0.6) is 0 Å². The highest BCUT2D eigenvalue weighted by molar-refractivity contribution is 5.89. The Balaban J connectivity index is 1.59. The summed E-state index contributed by atoms with van der Waals surface area (Å²) in [6.07, 6.45) is 6.83. The van der Waals surface area contributed by atoms with Gasteiger partial charge in [-0.1, -0.05) is 0 Å². The van der Waals surface area contributed by atoms with E-state index in [1.165, 1.54) is 0 Å². The number of hydrogen-bond acceptors (Lipinski definition) is 6. The van der Waals surface area contributed by atoms with Crippen molar-refractivity contribution in [2.75, 3.05) is 19.3 Å². The van der Waals surface area contributed by atoms with Crippen LogP contribution in [0.3, 0.4) is 0 Å². The molecule has 1 saturated heterocycles. The van der Waals surface area contributed by atoms with Crippen LogP contribution in [0.15, 0.2) is 36.9 Å². The Kier molecular flexibility index (Phi) is 4.87. The van der Waals surface area contributed by atoms with Gasteiger partial charge in [0.2, 0.25) is 17.8 Å². The Morgan fingerprint density at radius 3 is 2.64 bits per heavy atom. The molecular weight excluding hydrogens is 320 g/mol. The largest absolute Gasteiger partial charge is 0.368 e. The number of anilines is 1. The average Bonchev–Trinajstić information content (AvgIpc) is 2.98. The van der Waals surface area contributed by atoms with Crippen molar-refractivity contribution in [2.45, 2.75) is 19.5 Å². The summed E-state index contributed by atoms with van der Waals surface area (Å²) in [4.78, 5) is 40.0. The number of nitrogens with two attached hydrogens (primary N) is 1. The lowest BCUT2D eigenvalue weighted by Gasteiger charge is -2.21. The number of amides is 2. The summed E-state index contributed by atoms with van der Waals surface area (Å²) in [7, 11) is 1.72. The molecule has 2 aromatic heterocycles. The second kappa shape index (κ2) is 7.25. The van der Waals surface area contributed by atoms with E-state index in [0.717, 1.165) is 11.1 Å². The number of hydrogen-bond donors (Lipinski definition) is 1. The van der Waals surface area contributed by atoms with Gasteiger partial charge in [-0.15, -0.1) is 0 Å². The van der Waals surface area contributed by atoms with Crippen LogP contribution in [0.2, 0.25) is 0 Å². The fourth-order valence-corrected chi connectivity index (χ4v) is 2.91.